The fourth-order valence-electron chi connectivity index (χ4n) is 2.73. The van der Waals surface area contributed by atoms with Crippen LogP contribution in [0.1, 0.15) is 27.2 Å². The van der Waals surface area contributed by atoms with Crippen molar-refractivity contribution < 1.29 is 17.6 Å². The molecule has 0 radical (unpaired) electrons. The highest BCUT2D eigenvalue weighted by Crippen LogP contribution is 2.20. The number of nitrogens with one attached hydrogen (secondary N) is 1. The van der Waals surface area contributed by atoms with E-state index in [1.54, 1.807) is 12.1 Å². The predicted octanol–water partition coefficient (Wildman–Crippen LogP) is 3.97. The molecule has 2 aromatic carbocycles. The van der Waals surface area contributed by atoms with Crippen molar-refractivity contribution in [3.8, 4) is 0 Å². The van der Waals surface area contributed by atoms with E-state index in [4.69, 9.17) is 4.42 Å². The van der Waals surface area contributed by atoms with Crippen LogP contribution in [-0.2, 0) is 16.6 Å². The Labute approximate surface area is 164 Å². The molecule has 3 aromatic rings. The highest BCUT2D eigenvalue weighted by molar-refractivity contribution is 7.89. The van der Waals surface area contributed by atoms with Gasteiger partial charge in [-0.1, -0.05) is 12.1 Å². The maximum absolute atomic E-state index is 12.7. The third-order valence-electron chi connectivity index (χ3n) is 4.42. The fourth-order valence-corrected chi connectivity index (χ4v) is 3.87. The van der Waals surface area contributed by atoms with Gasteiger partial charge >= 0.3 is 0 Å². The van der Waals surface area contributed by atoms with Crippen LogP contribution in [0.4, 0.5) is 5.69 Å². The van der Waals surface area contributed by atoms with Crippen LogP contribution >= 0.6 is 0 Å². The average Bonchev–Trinajstić information content (AvgIpc) is 3.17. The molecule has 1 N–H and O–H groups in total. The number of carbonyl (C=O) groups is 1. The lowest BCUT2D eigenvalue weighted by molar-refractivity contribution is 0.102. The van der Waals surface area contributed by atoms with E-state index in [1.165, 1.54) is 41.9 Å². The van der Waals surface area contributed by atoms with Crippen molar-refractivity contribution in [2.45, 2.75) is 25.3 Å². The van der Waals surface area contributed by atoms with E-state index < -0.39 is 10.0 Å². The molecular weight excluding hydrogens is 376 g/mol. The van der Waals surface area contributed by atoms with Crippen LogP contribution in [0.3, 0.4) is 0 Å². The molecule has 28 heavy (non-hydrogen) atoms. The first-order valence-electron chi connectivity index (χ1n) is 8.75. The van der Waals surface area contributed by atoms with Gasteiger partial charge in [0.2, 0.25) is 10.0 Å². The van der Waals surface area contributed by atoms with Gasteiger partial charge in [0, 0.05) is 18.3 Å². The molecule has 3 rings (SSSR count). The second-order valence-electron chi connectivity index (χ2n) is 6.64. The normalized spacial score (nSPS) is 11.6. The maximum Gasteiger partial charge on any atom is 0.255 e. The second-order valence-corrected chi connectivity index (χ2v) is 8.68. The molecule has 7 heteroatoms. The summed E-state index contributed by atoms with van der Waals surface area (Å²) in [5, 5.41) is 2.87. The monoisotopic (exact) mass is 398 g/mol. The van der Waals surface area contributed by atoms with E-state index >= 15 is 0 Å². The van der Waals surface area contributed by atoms with Gasteiger partial charge in [-0.3, -0.25) is 4.79 Å². The molecule has 0 saturated carbocycles. The molecule has 0 fully saturated rings. The third kappa shape index (κ3) is 4.32. The molecule has 0 aliphatic carbocycles. The highest BCUT2D eigenvalue weighted by atomic mass is 32.2. The van der Waals surface area contributed by atoms with E-state index in [2.05, 4.69) is 5.32 Å². The number of rotatable bonds is 6. The summed E-state index contributed by atoms with van der Waals surface area (Å²) >= 11 is 0. The standard InChI is InChI=1S/C21H22N2O4S/c1-15-6-7-16(2)20(13-15)22-21(24)17-8-10-19(11-9-17)28(25,26)23(3)14-18-5-4-12-27-18/h4-13H,14H2,1-3H3,(H,22,24). The van der Waals surface area contributed by atoms with Crippen LogP contribution in [0.15, 0.2) is 70.2 Å². The fraction of sp³-hybridized carbons (Fsp3) is 0.190. The summed E-state index contributed by atoms with van der Waals surface area (Å²) in [5.74, 6) is 0.261. The number of benzene rings is 2. The molecule has 0 aliphatic heterocycles. The van der Waals surface area contributed by atoms with Gasteiger partial charge in [0.25, 0.3) is 5.91 Å². The number of amides is 1. The molecule has 0 atom stereocenters. The maximum atomic E-state index is 12.7. The highest BCUT2D eigenvalue weighted by Gasteiger charge is 2.22. The second kappa shape index (κ2) is 8.00. The number of carbonyl (C=O) groups excluding carboxylic acids is 1. The van der Waals surface area contributed by atoms with Gasteiger partial charge in [-0.05, 0) is 67.4 Å². The quantitative estimate of drug-likeness (QED) is 0.681. The number of furan rings is 1. The van der Waals surface area contributed by atoms with E-state index in [0.717, 1.165) is 16.8 Å². The molecule has 146 valence electrons. The van der Waals surface area contributed by atoms with Crippen LogP contribution < -0.4 is 5.32 Å². The Bertz CT molecular complexity index is 1070. The van der Waals surface area contributed by atoms with Crippen molar-refractivity contribution in [1.82, 2.24) is 4.31 Å². The smallest absolute Gasteiger partial charge is 0.255 e. The van der Waals surface area contributed by atoms with Crippen molar-refractivity contribution in [3.63, 3.8) is 0 Å². The van der Waals surface area contributed by atoms with Crippen molar-refractivity contribution in [1.29, 1.82) is 0 Å². The summed E-state index contributed by atoms with van der Waals surface area (Å²) in [4.78, 5) is 12.6. The molecule has 0 spiro atoms. The Balaban J connectivity index is 1.75. The molecule has 0 aliphatic rings. The van der Waals surface area contributed by atoms with Gasteiger partial charge in [-0.2, -0.15) is 4.31 Å². The van der Waals surface area contributed by atoms with Gasteiger partial charge in [0.15, 0.2) is 0 Å². The van der Waals surface area contributed by atoms with Crippen LogP contribution in [-0.4, -0.2) is 25.7 Å². The van der Waals surface area contributed by atoms with Crippen molar-refractivity contribution >= 4 is 21.6 Å². The summed E-state index contributed by atoms with van der Waals surface area (Å²) in [6.07, 6.45) is 1.50. The van der Waals surface area contributed by atoms with E-state index in [-0.39, 0.29) is 17.3 Å². The third-order valence-corrected chi connectivity index (χ3v) is 6.24. The Hall–Kier alpha value is -2.90. The van der Waals surface area contributed by atoms with Crippen LogP contribution in [0.5, 0.6) is 0 Å². The van der Waals surface area contributed by atoms with Gasteiger partial charge in [-0.25, -0.2) is 8.42 Å². The van der Waals surface area contributed by atoms with Gasteiger partial charge in [0.05, 0.1) is 17.7 Å². The zero-order chi connectivity index (χ0) is 20.3. The number of sulfonamides is 1. The molecule has 1 amide bonds. The zero-order valence-electron chi connectivity index (χ0n) is 16.0. The molecular formula is C21H22N2O4S. The molecule has 0 saturated heterocycles. The van der Waals surface area contributed by atoms with Crippen molar-refractivity contribution in [2.24, 2.45) is 0 Å². The van der Waals surface area contributed by atoms with Gasteiger partial charge < -0.3 is 9.73 Å². The van der Waals surface area contributed by atoms with Crippen LogP contribution in [0.25, 0.3) is 0 Å². The zero-order valence-corrected chi connectivity index (χ0v) is 16.8. The van der Waals surface area contributed by atoms with Gasteiger partial charge in [0.1, 0.15) is 5.76 Å². The van der Waals surface area contributed by atoms with Crippen molar-refractivity contribution in [2.75, 3.05) is 12.4 Å². The number of aryl methyl sites for hydroxylation is 2. The summed E-state index contributed by atoms with van der Waals surface area (Å²) < 4.78 is 31.8. The SMILES string of the molecule is Cc1ccc(C)c(NC(=O)c2ccc(S(=O)(=O)N(C)Cc3ccco3)cc2)c1. The average molecular weight is 398 g/mol. The van der Waals surface area contributed by atoms with Crippen molar-refractivity contribution in [3.05, 3.63) is 83.3 Å². The topological polar surface area (TPSA) is 79.6 Å². The first kappa shape index (κ1) is 19.9. The minimum atomic E-state index is -3.69. The summed E-state index contributed by atoms with van der Waals surface area (Å²) in [6, 6.07) is 15.1. The summed E-state index contributed by atoms with van der Waals surface area (Å²) in [5.41, 5.74) is 3.12. The molecule has 1 heterocycles. The predicted molar refractivity (Wildman–Crippen MR) is 108 cm³/mol. The first-order valence-corrected chi connectivity index (χ1v) is 10.2. The molecule has 0 bridgehead atoms. The van der Waals surface area contributed by atoms with E-state index in [1.807, 2.05) is 32.0 Å². The molecule has 6 nitrogen and oxygen atoms in total. The Morgan fingerprint density at radius 3 is 2.43 bits per heavy atom. The minimum absolute atomic E-state index is 0.116. The first-order chi connectivity index (χ1) is 13.3. The Kier molecular flexibility index (Phi) is 5.67. The lowest BCUT2D eigenvalue weighted by Gasteiger charge is -2.16. The lowest BCUT2D eigenvalue weighted by Crippen LogP contribution is -2.26. The van der Waals surface area contributed by atoms with E-state index in [0.29, 0.717) is 11.3 Å². The van der Waals surface area contributed by atoms with Crippen LogP contribution in [0.2, 0.25) is 0 Å². The summed E-state index contributed by atoms with van der Waals surface area (Å²) in [7, 11) is -2.20. The minimum Gasteiger partial charge on any atom is -0.468 e. The molecule has 0 unspecified atom stereocenters. The number of nitrogens with zero attached hydrogens (tertiary/aromatic N) is 1. The van der Waals surface area contributed by atoms with E-state index in [9.17, 15) is 13.2 Å². The lowest BCUT2D eigenvalue weighted by atomic mass is 10.1. The summed E-state index contributed by atoms with van der Waals surface area (Å²) in [6.45, 7) is 4.00. The Morgan fingerprint density at radius 2 is 1.79 bits per heavy atom. The number of anilines is 1. The number of hydrogen-bond donors (Lipinski definition) is 1. The molecule has 1 aromatic heterocycles. The Morgan fingerprint density at radius 1 is 1.07 bits per heavy atom. The van der Waals surface area contributed by atoms with Crippen LogP contribution in [0, 0.1) is 13.8 Å². The van der Waals surface area contributed by atoms with Gasteiger partial charge in [-0.15, -0.1) is 0 Å². The number of hydrogen-bond acceptors (Lipinski definition) is 4. The largest absolute Gasteiger partial charge is 0.468 e.